The summed E-state index contributed by atoms with van der Waals surface area (Å²) in [6.07, 6.45) is -0.0783. The first-order valence-corrected chi connectivity index (χ1v) is 11.2. The molecule has 0 spiro atoms. The van der Waals surface area contributed by atoms with E-state index in [0.29, 0.717) is 5.56 Å². The number of amides is 3. The van der Waals surface area contributed by atoms with E-state index in [1.807, 2.05) is 24.3 Å². The Morgan fingerprint density at radius 1 is 0.969 bits per heavy atom. The molecule has 8 nitrogen and oxygen atoms in total. The number of hydrogen-bond acceptors (Lipinski definition) is 5. The first kappa shape index (κ1) is 25.3. The van der Waals surface area contributed by atoms with Gasteiger partial charge in [-0.25, -0.2) is 0 Å². The van der Waals surface area contributed by atoms with Gasteiger partial charge in [0.05, 0.1) is 19.1 Å². The molecule has 0 heterocycles. The molecule has 170 valence electrons. The van der Waals surface area contributed by atoms with Crippen LogP contribution in [-0.4, -0.2) is 42.9 Å². The van der Waals surface area contributed by atoms with E-state index in [1.165, 1.54) is 0 Å². The van der Waals surface area contributed by atoms with E-state index in [2.05, 4.69) is 38.5 Å². The van der Waals surface area contributed by atoms with Crippen molar-refractivity contribution >= 4 is 46.3 Å². The Morgan fingerprint density at radius 3 is 2.25 bits per heavy atom. The summed E-state index contributed by atoms with van der Waals surface area (Å²) in [6, 6.07) is 14.5. The molecule has 3 amide bonds. The highest BCUT2D eigenvalue weighted by atomic mass is 127. The summed E-state index contributed by atoms with van der Waals surface area (Å²) in [4.78, 5) is 48.9. The molecule has 2 aromatic carbocycles. The minimum absolute atomic E-state index is 0.0783. The molecule has 0 saturated carbocycles. The summed E-state index contributed by atoms with van der Waals surface area (Å²) in [5.74, 6) is -1.75. The van der Waals surface area contributed by atoms with Crippen molar-refractivity contribution in [2.75, 3.05) is 13.2 Å². The highest BCUT2D eigenvalue weighted by molar-refractivity contribution is 14.1. The van der Waals surface area contributed by atoms with E-state index in [0.717, 1.165) is 9.13 Å². The maximum absolute atomic E-state index is 12.8. The Labute approximate surface area is 200 Å². The second-order valence-corrected chi connectivity index (χ2v) is 8.21. The van der Waals surface area contributed by atoms with Gasteiger partial charge in [0.25, 0.3) is 5.91 Å². The van der Waals surface area contributed by atoms with Crippen LogP contribution in [0.5, 0.6) is 0 Å². The van der Waals surface area contributed by atoms with Gasteiger partial charge in [0.1, 0.15) is 12.6 Å². The highest BCUT2D eigenvalue weighted by Gasteiger charge is 2.23. The predicted octanol–water partition coefficient (Wildman–Crippen LogP) is 2.34. The normalized spacial score (nSPS) is 12.2. The van der Waals surface area contributed by atoms with Gasteiger partial charge in [0, 0.05) is 9.13 Å². The summed E-state index contributed by atoms with van der Waals surface area (Å²) in [5, 5.41) is 7.97. The lowest BCUT2D eigenvalue weighted by atomic mass is 10.0. The third-order valence-electron chi connectivity index (χ3n) is 4.49. The lowest BCUT2D eigenvalue weighted by molar-refractivity contribution is -0.143. The molecule has 0 unspecified atom stereocenters. The van der Waals surface area contributed by atoms with Gasteiger partial charge in [0.15, 0.2) is 0 Å². The zero-order valence-corrected chi connectivity index (χ0v) is 20.0. The molecule has 0 aliphatic carbocycles. The maximum atomic E-state index is 12.8. The minimum atomic E-state index is -0.823. The van der Waals surface area contributed by atoms with Gasteiger partial charge >= 0.3 is 5.97 Å². The topological polar surface area (TPSA) is 114 Å². The molecule has 32 heavy (non-hydrogen) atoms. The third kappa shape index (κ3) is 8.29. The van der Waals surface area contributed by atoms with Crippen molar-refractivity contribution in [3.8, 4) is 0 Å². The number of rotatable bonds is 10. The van der Waals surface area contributed by atoms with Crippen molar-refractivity contribution in [2.45, 2.75) is 32.4 Å². The van der Waals surface area contributed by atoms with E-state index in [9.17, 15) is 19.2 Å². The van der Waals surface area contributed by atoms with Gasteiger partial charge in [0.2, 0.25) is 11.8 Å². The molecule has 0 saturated heterocycles. The number of ether oxygens (including phenoxy) is 1. The molecule has 2 rings (SSSR count). The molecule has 0 aromatic heterocycles. The van der Waals surface area contributed by atoms with Crippen LogP contribution in [-0.2, 0) is 19.1 Å². The van der Waals surface area contributed by atoms with E-state index in [-0.39, 0.29) is 25.5 Å². The fourth-order valence-corrected chi connectivity index (χ4v) is 3.18. The van der Waals surface area contributed by atoms with Crippen LogP contribution in [0.4, 0.5) is 0 Å². The number of esters is 1. The summed E-state index contributed by atoms with van der Waals surface area (Å²) in [6.45, 7) is 3.23. The fourth-order valence-electron chi connectivity index (χ4n) is 2.82. The second-order valence-electron chi connectivity index (χ2n) is 6.96. The van der Waals surface area contributed by atoms with Crippen LogP contribution in [0.3, 0.4) is 0 Å². The molecule has 0 aliphatic heterocycles. The highest BCUT2D eigenvalue weighted by Crippen LogP contribution is 2.19. The van der Waals surface area contributed by atoms with E-state index >= 15 is 0 Å². The van der Waals surface area contributed by atoms with Gasteiger partial charge in [-0.15, -0.1) is 0 Å². The number of benzene rings is 2. The van der Waals surface area contributed by atoms with Crippen molar-refractivity contribution in [3.63, 3.8) is 0 Å². The van der Waals surface area contributed by atoms with Crippen molar-refractivity contribution < 1.29 is 23.9 Å². The van der Waals surface area contributed by atoms with Crippen LogP contribution in [0.25, 0.3) is 0 Å². The molecule has 3 N–H and O–H groups in total. The van der Waals surface area contributed by atoms with Crippen molar-refractivity contribution in [1.82, 2.24) is 16.0 Å². The van der Waals surface area contributed by atoms with Crippen LogP contribution in [0, 0.1) is 3.57 Å². The van der Waals surface area contributed by atoms with Crippen molar-refractivity contribution in [3.05, 3.63) is 69.3 Å². The number of nitrogens with one attached hydrogen (secondary N) is 3. The monoisotopic (exact) mass is 551 g/mol. The lowest BCUT2D eigenvalue weighted by Crippen LogP contribution is -2.46. The molecule has 0 bridgehead atoms. The number of halogens is 1. The minimum Gasteiger partial charge on any atom is -0.465 e. The zero-order valence-electron chi connectivity index (χ0n) is 17.9. The summed E-state index contributed by atoms with van der Waals surface area (Å²) in [7, 11) is 0. The van der Waals surface area contributed by atoms with E-state index in [1.54, 1.807) is 44.2 Å². The van der Waals surface area contributed by atoms with E-state index < -0.39 is 29.9 Å². The third-order valence-corrected chi connectivity index (χ3v) is 5.21. The van der Waals surface area contributed by atoms with Crippen molar-refractivity contribution in [2.24, 2.45) is 0 Å². The number of carbonyl (C=O) groups excluding carboxylic acids is 4. The Bertz CT molecular complexity index is 934. The molecule has 2 aromatic rings. The van der Waals surface area contributed by atoms with Crippen LogP contribution >= 0.6 is 22.6 Å². The Hall–Kier alpha value is -2.95. The zero-order chi connectivity index (χ0) is 23.5. The van der Waals surface area contributed by atoms with Gasteiger partial charge < -0.3 is 20.7 Å². The summed E-state index contributed by atoms with van der Waals surface area (Å²) < 4.78 is 5.81. The maximum Gasteiger partial charge on any atom is 0.325 e. The van der Waals surface area contributed by atoms with E-state index in [4.69, 9.17) is 4.74 Å². The Morgan fingerprint density at radius 2 is 1.62 bits per heavy atom. The lowest BCUT2D eigenvalue weighted by Gasteiger charge is -2.22. The Kier molecular flexibility index (Phi) is 10.1. The summed E-state index contributed by atoms with van der Waals surface area (Å²) >= 11 is 2.16. The summed E-state index contributed by atoms with van der Waals surface area (Å²) in [5.41, 5.74) is 1.17. The SMILES string of the molecule is CCOC(=O)CNC(=O)C[C@H](NC(=O)[C@H](C)NC(=O)c1ccccc1)c1ccc(I)cc1. The van der Waals surface area contributed by atoms with Gasteiger partial charge in [-0.2, -0.15) is 0 Å². The average Bonchev–Trinajstić information content (AvgIpc) is 2.78. The van der Waals surface area contributed by atoms with Crippen LogP contribution in [0.15, 0.2) is 54.6 Å². The number of carbonyl (C=O) groups is 4. The number of hydrogen-bond donors (Lipinski definition) is 3. The fraction of sp³-hybridized carbons (Fsp3) is 0.304. The molecular weight excluding hydrogens is 525 g/mol. The van der Waals surface area contributed by atoms with Crippen LogP contribution in [0.1, 0.15) is 42.2 Å². The second kappa shape index (κ2) is 12.8. The van der Waals surface area contributed by atoms with Crippen molar-refractivity contribution in [1.29, 1.82) is 0 Å². The Balaban J connectivity index is 2.04. The smallest absolute Gasteiger partial charge is 0.325 e. The van der Waals surface area contributed by atoms with Gasteiger partial charge in [-0.05, 0) is 66.3 Å². The van der Waals surface area contributed by atoms with Crippen LogP contribution in [0.2, 0.25) is 0 Å². The molecule has 0 radical (unpaired) electrons. The molecule has 2 atom stereocenters. The molecular formula is C23H26IN3O5. The first-order valence-electron chi connectivity index (χ1n) is 10.1. The molecule has 0 aliphatic rings. The quantitative estimate of drug-likeness (QED) is 0.310. The van der Waals surface area contributed by atoms with Crippen LogP contribution < -0.4 is 16.0 Å². The molecule has 9 heteroatoms. The molecule has 0 fully saturated rings. The standard InChI is InChI=1S/C23H26IN3O5/c1-3-32-21(29)14-25-20(28)13-19(16-9-11-18(24)12-10-16)27-22(30)15(2)26-23(31)17-7-5-4-6-8-17/h4-12,15,19H,3,13-14H2,1-2H3,(H,25,28)(H,26,31)(H,27,30)/t15-,19-/m0/s1. The van der Waals surface area contributed by atoms with Gasteiger partial charge in [-0.1, -0.05) is 30.3 Å². The predicted molar refractivity (Wildman–Crippen MR) is 128 cm³/mol. The average molecular weight is 551 g/mol. The largest absolute Gasteiger partial charge is 0.465 e. The first-order chi connectivity index (χ1) is 15.3. The van der Waals surface area contributed by atoms with Gasteiger partial charge in [-0.3, -0.25) is 19.2 Å².